The summed E-state index contributed by atoms with van der Waals surface area (Å²) >= 11 is 0. The second-order valence-corrected chi connectivity index (χ2v) is 8.09. The number of aromatic nitrogens is 1. The first kappa shape index (κ1) is 19.4. The van der Waals surface area contributed by atoms with Gasteiger partial charge in [0.25, 0.3) is 5.56 Å². The van der Waals surface area contributed by atoms with E-state index < -0.39 is 0 Å². The summed E-state index contributed by atoms with van der Waals surface area (Å²) in [6, 6.07) is 16.8. The smallest absolute Gasteiger partial charge is 0.258 e. The first-order valence-corrected chi connectivity index (χ1v) is 10.1. The van der Waals surface area contributed by atoms with E-state index in [1.165, 1.54) is 12.1 Å². The lowest BCUT2D eigenvalue weighted by molar-refractivity contribution is 0.315. The fraction of sp³-hybridized carbons (Fsp3) is 0.333. The van der Waals surface area contributed by atoms with E-state index in [0.29, 0.717) is 11.6 Å². The number of aryl methyl sites for hydroxylation is 1. The topological polar surface area (TPSA) is 51.7 Å². The van der Waals surface area contributed by atoms with Crippen LogP contribution in [0.3, 0.4) is 0 Å². The summed E-state index contributed by atoms with van der Waals surface area (Å²) < 4.78 is 0. The Kier molecular flexibility index (Phi) is 5.24. The quantitative estimate of drug-likeness (QED) is 0.686. The minimum Gasteiger partial charge on any atom is -0.370 e. The molecule has 4 rings (SSSR count). The maximum atomic E-state index is 12.6. The molecule has 2 aliphatic heterocycles. The normalized spacial score (nSPS) is 17.5. The molecule has 29 heavy (non-hydrogen) atoms. The van der Waals surface area contributed by atoms with E-state index in [1.807, 2.05) is 37.3 Å². The van der Waals surface area contributed by atoms with E-state index in [0.717, 1.165) is 41.3 Å². The van der Waals surface area contributed by atoms with Crippen LogP contribution in [-0.4, -0.2) is 48.8 Å². The van der Waals surface area contributed by atoms with Gasteiger partial charge in [-0.25, -0.2) is 0 Å². The van der Waals surface area contributed by atoms with Gasteiger partial charge in [0, 0.05) is 36.1 Å². The van der Waals surface area contributed by atoms with Gasteiger partial charge in [0.15, 0.2) is 0 Å². The number of likely N-dealkylation sites (N-methyl/N-ethyl adjacent to an activating group) is 1. The van der Waals surface area contributed by atoms with Gasteiger partial charge in [0.2, 0.25) is 0 Å². The molecule has 2 heterocycles. The molecule has 0 spiro atoms. The molecule has 1 aliphatic carbocycles. The molecule has 0 unspecified atom stereocenters. The van der Waals surface area contributed by atoms with Crippen molar-refractivity contribution < 1.29 is 0 Å². The van der Waals surface area contributed by atoms with Crippen LogP contribution >= 0.6 is 0 Å². The second-order valence-electron chi connectivity index (χ2n) is 8.09. The van der Waals surface area contributed by atoms with Crippen molar-refractivity contribution in [2.75, 3.05) is 32.1 Å². The van der Waals surface area contributed by atoms with Crippen LogP contribution in [0.25, 0.3) is 11.3 Å². The lowest BCUT2D eigenvalue weighted by Crippen LogP contribution is -2.31. The third kappa shape index (κ3) is 3.83. The highest BCUT2D eigenvalue weighted by molar-refractivity contribution is 6.05. The number of nitrogens with zero attached hydrogens (tertiary/aromatic N) is 3. The molecule has 1 saturated heterocycles. The van der Waals surface area contributed by atoms with Gasteiger partial charge in [-0.15, -0.1) is 0 Å². The molecule has 3 aliphatic rings. The van der Waals surface area contributed by atoms with Crippen LogP contribution in [0.5, 0.6) is 0 Å². The lowest BCUT2D eigenvalue weighted by Gasteiger charge is -2.22. The van der Waals surface area contributed by atoms with E-state index in [2.05, 4.69) is 54.0 Å². The van der Waals surface area contributed by atoms with Crippen molar-refractivity contribution in [3.8, 4) is 11.3 Å². The monoisotopic (exact) mass is 388 g/mol. The molecular formula is C24H28N4O. The van der Waals surface area contributed by atoms with Crippen LogP contribution in [-0.2, 0) is 0 Å². The highest BCUT2D eigenvalue weighted by Gasteiger charge is 2.24. The molecule has 0 radical (unpaired) electrons. The fourth-order valence-electron chi connectivity index (χ4n) is 4.09. The van der Waals surface area contributed by atoms with Crippen LogP contribution in [0.4, 0.5) is 11.4 Å². The lowest BCUT2D eigenvalue weighted by atomic mass is 10.1. The van der Waals surface area contributed by atoms with Crippen molar-refractivity contribution >= 4 is 17.1 Å². The molecule has 5 nitrogen and oxygen atoms in total. The van der Waals surface area contributed by atoms with Gasteiger partial charge in [-0.05, 0) is 58.1 Å². The Hall–Kier alpha value is -2.92. The number of hydrogen-bond acceptors (Lipinski definition) is 4. The fourth-order valence-corrected chi connectivity index (χ4v) is 4.09. The molecule has 150 valence electrons. The van der Waals surface area contributed by atoms with Crippen LogP contribution in [0.15, 0.2) is 58.3 Å². The maximum Gasteiger partial charge on any atom is 0.258 e. The Labute approximate surface area is 172 Å². The first-order valence-electron chi connectivity index (χ1n) is 10.1. The molecule has 0 aromatic heterocycles. The van der Waals surface area contributed by atoms with Crippen molar-refractivity contribution in [2.24, 2.45) is 4.99 Å². The Morgan fingerprint density at radius 3 is 2.72 bits per heavy atom. The van der Waals surface area contributed by atoms with Gasteiger partial charge in [-0.3, -0.25) is 9.79 Å². The molecular weight excluding hydrogens is 360 g/mol. The van der Waals surface area contributed by atoms with Crippen molar-refractivity contribution in [3.63, 3.8) is 0 Å². The SMILES string of the molecule is CC(=Nc1cc(N2CC[C@@H](N(C)C)C2)ccc1C)c1c2cccccc-2[nH]c1=O. The minimum atomic E-state index is -0.0883. The average Bonchev–Trinajstić information content (AvgIpc) is 3.22. The zero-order chi connectivity index (χ0) is 20.5. The van der Waals surface area contributed by atoms with Crippen molar-refractivity contribution in [2.45, 2.75) is 26.3 Å². The van der Waals surface area contributed by atoms with Crippen molar-refractivity contribution in [1.29, 1.82) is 0 Å². The number of aromatic amines is 1. The Morgan fingerprint density at radius 1 is 1.17 bits per heavy atom. The Morgan fingerprint density at radius 2 is 1.97 bits per heavy atom. The van der Waals surface area contributed by atoms with Gasteiger partial charge in [-0.1, -0.05) is 30.3 Å². The van der Waals surface area contributed by atoms with E-state index in [1.54, 1.807) is 0 Å². The Bertz CT molecular complexity index is 1080. The molecule has 1 aromatic rings. The van der Waals surface area contributed by atoms with Gasteiger partial charge in [0.1, 0.15) is 0 Å². The molecule has 0 bridgehead atoms. The van der Waals surface area contributed by atoms with Crippen molar-refractivity contribution in [1.82, 2.24) is 9.88 Å². The molecule has 0 amide bonds. The average molecular weight is 389 g/mol. The molecule has 0 saturated carbocycles. The van der Waals surface area contributed by atoms with Crippen LogP contribution in [0, 0.1) is 6.92 Å². The largest absolute Gasteiger partial charge is 0.370 e. The van der Waals surface area contributed by atoms with E-state index >= 15 is 0 Å². The first-order chi connectivity index (χ1) is 13.9. The molecule has 1 aromatic carbocycles. The van der Waals surface area contributed by atoms with Crippen LogP contribution in [0.2, 0.25) is 0 Å². The van der Waals surface area contributed by atoms with Crippen LogP contribution in [0.1, 0.15) is 24.5 Å². The summed E-state index contributed by atoms with van der Waals surface area (Å²) in [5.41, 5.74) is 6.26. The predicted octanol–water partition coefficient (Wildman–Crippen LogP) is 4.07. The molecule has 5 heteroatoms. The van der Waals surface area contributed by atoms with E-state index in [9.17, 15) is 4.79 Å². The molecule has 1 N–H and O–H groups in total. The summed E-state index contributed by atoms with van der Waals surface area (Å²) in [5, 5.41) is 0. The summed E-state index contributed by atoms with van der Waals surface area (Å²) in [6.45, 7) is 6.07. The number of aliphatic imine (C=N–C) groups is 1. The zero-order valence-corrected chi connectivity index (χ0v) is 17.6. The number of hydrogen-bond donors (Lipinski definition) is 1. The highest BCUT2D eigenvalue weighted by Crippen LogP contribution is 2.30. The van der Waals surface area contributed by atoms with Gasteiger partial charge in [0.05, 0.1) is 17.0 Å². The third-order valence-corrected chi connectivity index (χ3v) is 5.88. The van der Waals surface area contributed by atoms with E-state index in [4.69, 9.17) is 4.99 Å². The number of H-pyrrole nitrogens is 1. The van der Waals surface area contributed by atoms with Crippen LogP contribution < -0.4 is 10.5 Å². The summed E-state index contributed by atoms with van der Waals surface area (Å²) in [5.74, 6) is 0. The third-order valence-electron chi connectivity index (χ3n) is 5.88. The number of fused-ring (bicyclic) bond motifs is 1. The second kappa shape index (κ2) is 7.84. The number of rotatable bonds is 4. The summed E-state index contributed by atoms with van der Waals surface area (Å²) in [4.78, 5) is 25.1. The molecule has 1 atom stereocenters. The van der Waals surface area contributed by atoms with Gasteiger partial charge < -0.3 is 14.8 Å². The number of benzene rings is 1. The maximum absolute atomic E-state index is 12.6. The zero-order valence-electron chi connectivity index (χ0n) is 17.6. The summed E-state index contributed by atoms with van der Waals surface area (Å²) in [6.07, 6.45) is 1.17. The summed E-state index contributed by atoms with van der Waals surface area (Å²) in [7, 11) is 4.29. The Balaban J connectivity index is 1.69. The minimum absolute atomic E-state index is 0.0883. The molecule has 1 fully saturated rings. The number of nitrogens with one attached hydrogen (secondary N) is 1. The van der Waals surface area contributed by atoms with Crippen molar-refractivity contribution in [3.05, 3.63) is 70.0 Å². The van der Waals surface area contributed by atoms with Gasteiger partial charge in [-0.2, -0.15) is 0 Å². The highest BCUT2D eigenvalue weighted by atomic mass is 16.1. The predicted molar refractivity (Wildman–Crippen MR) is 121 cm³/mol. The number of anilines is 1. The standard InChI is InChI=1S/C24H28N4O/c1-16-10-11-18(28-13-12-19(15-28)27(3)4)14-22(16)25-17(2)23-20-8-6-5-7-9-21(20)26-24(23)29/h5-11,14,19H,12-13,15H2,1-4H3,(H,26,29)/t19-/m1/s1. The van der Waals surface area contributed by atoms with Gasteiger partial charge >= 0.3 is 0 Å². The van der Waals surface area contributed by atoms with E-state index in [-0.39, 0.29) is 5.56 Å².